The number of ether oxygens (including phenoxy) is 3. The third-order valence-corrected chi connectivity index (χ3v) is 3.05. The third kappa shape index (κ3) is 5.15. The Kier molecular flexibility index (Phi) is 6.15. The molecule has 0 fully saturated rings. The molecular formula is C15H22N2O4. The molecule has 0 spiro atoms. The SMILES string of the molecule is COCCCNC(=O)CNc1ccc2c(c1)OCCCO2. The van der Waals surface area contributed by atoms with Crippen molar-refractivity contribution in [3.63, 3.8) is 0 Å². The van der Waals surface area contributed by atoms with Crippen LogP contribution in [0.4, 0.5) is 5.69 Å². The van der Waals surface area contributed by atoms with Gasteiger partial charge in [0, 0.05) is 38.4 Å². The van der Waals surface area contributed by atoms with Crippen molar-refractivity contribution in [1.82, 2.24) is 5.32 Å². The molecule has 0 radical (unpaired) electrons. The molecule has 1 heterocycles. The van der Waals surface area contributed by atoms with Crippen LogP contribution in [0.25, 0.3) is 0 Å². The Morgan fingerprint density at radius 1 is 1.29 bits per heavy atom. The van der Waals surface area contributed by atoms with Gasteiger partial charge in [0.15, 0.2) is 11.5 Å². The van der Waals surface area contributed by atoms with Crippen LogP contribution in [0.2, 0.25) is 0 Å². The number of carbonyl (C=O) groups is 1. The molecule has 1 amide bonds. The van der Waals surface area contributed by atoms with Gasteiger partial charge in [0.05, 0.1) is 19.8 Å². The minimum atomic E-state index is -0.0433. The average molecular weight is 294 g/mol. The van der Waals surface area contributed by atoms with Crippen LogP contribution in [-0.4, -0.2) is 45.9 Å². The predicted molar refractivity (Wildman–Crippen MR) is 80.0 cm³/mol. The number of nitrogens with one attached hydrogen (secondary N) is 2. The lowest BCUT2D eigenvalue weighted by atomic mass is 10.2. The highest BCUT2D eigenvalue weighted by Crippen LogP contribution is 2.32. The van der Waals surface area contributed by atoms with E-state index < -0.39 is 0 Å². The zero-order valence-electron chi connectivity index (χ0n) is 12.3. The molecule has 1 aromatic rings. The minimum Gasteiger partial charge on any atom is -0.490 e. The number of amides is 1. The molecule has 0 bridgehead atoms. The van der Waals surface area contributed by atoms with E-state index in [2.05, 4.69) is 10.6 Å². The van der Waals surface area contributed by atoms with Crippen molar-refractivity contribution in [2.75, 3.05) is 45.3 Å². The molecule has 1 aliphatic heterocycles. The van der Waals surface area contributed by atoms with Crippen molar-refractivity contribution in [3.8, 4) is 11.5 Å². The molecule has 0 unspecified atom stereocenters. The normalized spacial score (nSPS) is 13.4. The number of benzene rings is 1. The molecule has 0 saturated carbocycles. The van der Waals surface area contributed by atoms with E-state index in [1.54, 1.807) is 7.11 Å². The highest BCUT2D eigenvalue weighted by molar-refractivity contribution is 5.80. The highest BCUT2D eigenvalue weighted by atomic mass is 16.5. The third-order valence-electron chi connectivity index (χ3n) is 3.05. The summed E-state index contributed by atoms with van der Waals surface area (Å²) >= 11 is 0. The second kappa shape index (κ2) is 8.36. The van der Waals surface area contributed by atoms with Crippen molar-refractivity contribution in [2.45, 2.75) is 12.8 Å². The number of fused-ring (bicyclic) bond motifs is 1. The maximum Gasteiger partial charge on any atom is 0.239 e. The fraction of sp³-hybridized carbons (Fsp3) is 0.533. The molecule has 6 nitrogen and oxygen atoms in total. The molecule has 2 rings (SSSR count). The molecule has 0 aromatic heterocycles. The van der Waals surface area contributed by atoms with E-state index in [0.29, 0.717) is 26.4 Å². The summed E-state index contributed by atoms with van der Waals surface area (Å²) in [6.07, 6.45) is 1.69. The molecule has 21 heavy (non-hydrogen) atoms. The highest BCUT2D eigenvalue weighted by Gasteiger charge is 2.10. The van der Waals surface area contributed by atoms with Crippen molar-refractivity contribution in [3.05, 3.63) is 18.2 Å². The number of hydrogen-bond acceptors (Lipinski definition) is 5. The lowest BCUT2D eigenvalue weighted by Gasteiger charge is -2.11. The lowest BCUT2D eigenvalue weighted by Crippen LogP contribution is -2.31. The maximum atomic E-state index is 11.7. The molecule has 0 atom stereocenters. The van der Waals surface area contributed by atoms with Gasteiger partial charge in [-0.1, -0.05) is 0 Å². The van der Waals surface area contributed by atoms with Crippen LogP contribution in [0.15, 0.2) is 18.2 Å². The zero-order chi connectivity index (χ0) is 14.9. The molecule has 2 N–H and O–H groups in total. The van der Waals surface area contributed by atoms with E-state index in [-0.39, 0.29) is 12.5 Å². The topological polar surface area (TPSA) is 68.8 Å². The van der Waals surface area contributed by atoms with E-state index in [9.17, 15) is 4.79 Å². The summed E-state index contributed by atoms with van der Waals surface area (Å²) in [6, 6.07) is 5.60. The number of hydrogen-bond donors (Lipinski definition) is 2. The summed E-state index contributed by atoms with van der Waals surface area (Å²) in [7, 11) is 1.65. The molecule has 116 valence electrons. The molecular weight excluding hydrogens is 272 g/mol. The number of carbonyl (C=O) groups excluding carboxylic acids is 1. The second-order valence-electron chi connectivity index (χ2n) is 4.76. The number of methoxy groups -OCH3 is 1. The van der Waals surface area contributed by atoms with Gasteiger partial charge in [-0.3, -0.25) is 4.79 Å². The first kappa shape index (κ1) is 15.4. The van der Waals surface area contributed by atoms with Gasteiger partial charge in [0.2, 0.25) is 5.91 Å². The van der Waals surface area contributed by atoms with Crippen molar-refractivity contribution in [2.24, 2.45) is 0 Å². The Hall–Kier alpha value is -1.95. The lowest BCUT2D eigenvalue weighted by molar-refractivity contribution is -0.119. The summed E-state index contributed by atoms with van der Waals surface area (Å²) in [6.45, 7) is 2.82. The first-order valence-electron chi connectivity index (χ1n) is 7.19. The Bertz CT molecular complexity index is 465. The van der Waals surface area contributed by atoms with Crippen LogP contribution < -0.4 is 20.1 Å². The molecule has 0 aliphatic carbocycles. The molecule has 0 saturated heterocycles. The van der Waals surface area contributed by atoms with Crippen molar-refractivity contribution >= 4 is 11.6 Å². The first-order chi connectivity index (χ1) is 10.3. The molecule has 1 aliphatic rings. The van der Waals surface area contributed by atoms with Crippen LogP contribution in [0, 0.1) is 0 Å². The van der Waals surface area contributed by atoms with Crippen LogP contribution in [0.1, 0.15) is 12.8 Å². The fourth-order valence-corrected chi connectivity index (χ4v) is 1.96. The Morgan fingerprint density at radius 2 is 2.10 bits per heavy atom. The first-order valence-corrected chi connectivity index (χ1v) is 7.19. The average Bonchev–Trinajstić information content (AvgIpc) is 2.74. The Morgan fingerprint density at radius 3 is 2.90 bits per heavy atom. The van der Waals surface area contributed by atoms with E-state index in [0.717, 1.165) is 30.0 Å². The van der Waals surface area contributed by atoms with E-state index >= 15 is 0 Å². The fourth-order valence-electron chi connectivity index (χ4n) is 1.96. The van der Waals surface area contributed by atoms with Gasteiger partial charge < -0.3 is 24.8 Å². The van der Waals surface area contributed by atoms with Crippen LogP contribution >= 0.6 is 0 Å². The van der Waals surface area contributed by atoms with Crippen LogP contribution in [0.5, 0.6) is 11.5 Å². The summed E-state index contributed by atoms with van der Waals surface area (Å²) in [4.78, 5) is 11.7. The molecule has 6 heteroatoms. The zero-order valence-corrected chi connectivity index (χ0v) is 12.3. The van der Waals surface area contributed by atoms with Crippen molar-refractivity contribution < 1.29 is 19.0 Å². The summed E-state index contributed by atoms with van der Waals surface area (Å²) < 4.78 is 16.1. The smallest absolute Gasteiger partial charge is 0.239 e. The Balaban J connectivity index is 1.78. The van der Waals surface area contributed by atoms with Crippen LogP contribution in [0.3, 0.4) is 0 Å². The largest absolute Gasteiger partial charge is 0.490 e. The Labute approximate surface area is 124 Å². The van der Waals surface area contributed by atoms with Gasteiger partial charge in [0.25, 0.3) is 0 Å². The van der Waals surface area contributed by atoms with E-state index in [4.69, 9.17) is 14.2 Å². The monoisotopic (exact) mass is 294 g/mol. The van der Waals surface area contributed by atoms with Gasteiger partial charge in [-0.15, -0.1) is 0 Å². The number of rotatable bonds is 7. The predicted octanol–water partition coefficient (Wildman–Crippen LogP) is 1.41. The van der Waals surface area contributed by atoms with Gasteiger partial charge in [0.1, 0.15) is 0 Å². The summed E-state index contributed by atoms with van der Waals surface area (Å²) in [5.41, 5.74) is 0.839. The second-order valence-corrected chi connectivity index (χ2v) is 4.76. The quantitative estimate of drug-likeness (QED) is 0.744. The van der Waals surface area contributed by atoms with Gasteiger partial charge in [-0.25, -0.2) is 0 Å². The summed E-state index contributed by atoms with van der Waals surface area (Å²) in [5, 5.41) is 5.90. The maximum absolute atomic E-state index is 11.7. The summed E-state index contributed by atoms with van der Waals surface area (Å²) in [5.74, 6) is 1.43. The van der Waals surface area contributed by atoms with Crippen molar-refractivity contribution in [1.29, 1.82) is 0 Å². The van der Waals surface area contributed by atoms with E-state index in [1.165, 1.54) is 0 Å². The van der Waals surface area contributed by atoms with Gasteiger partial charge in [-0.2, -0.15) is 0 Å². The minimum absolute atomic E-state index is 0.0433. The van der Waals surface area contributed by atoms with Gasteiger partial charge in [-0.05, 0) is 18.6 Å². The van der Waals surface area contributed by atoms with Gasteiger partial charge >= 0.3 is 0 Å². The number of anilines is 1. The van der Waals surface area contributed by atoms with E-state index in [1.807, 2.05) is 18.2 Å². The van der Waals surface area contributed by atoms with Crippen LogP contribution in [-0.2, 0) is 9.53 Å². The standard InChI is InChI=1S/C15H22N2O4/c1-19-7-2-6-16-15(18)11-17-12-4-5-13-14(10-12)21-9-3-8-20-13/h4-5,10,17H,2-3,6-9,11H2,1H3,(H,16,18). The molecule has 1 aromatic carbocycles.